The molecule has 1 radical (unpaired) electrons. The maximum atomic E-state index is 10.3. The van der Waals surface area contributed by atoms with Crippen molar-refractivity contribution < 1.29 is 87.0 Å². The molecule has 0 aliphatic rings. The molecular weight excluding hydrogens is 427 g/mol. The van der Waals surface area contributed by atoms with Crippen LogP contribution < -0.4 is 0 Å². The Kier molecular flexibility index (Phi) is 14.8. The van der Waals surface area contributed by atoms with Crippen LogP contribution in [0.3, 0.4) is 0 Å². The zero-order chi connectivity index (χ0) is 21.2. The summed E-state index contributed by atoms with van der Waals surface area (Å²) in [4.78, 5) is 40.6. The third kappa shape index (κ3) is 11.5. The molecular formula is C12H20CoO14. The van der Waals surface area contributed by atoms with Crippen molar-refractivity contribution in [3.8, 4) is 0 Å². The van der Waals surface area contributed by atoms with Gasteiger partial charge in [0.05, 0.1) is 19.4 Å². The van der Waals surface area contributed by atoms with Crippen molar-refractivity contribution in [3.05, 3.63) is 0 Å². The summed E-state index contributed by atoms with van der Waals surface area (Å²) >= 11 is 0. The van der Waals surface area contributed by atoms with E-state index in [0.717, 1.165) is 0 Å². The zero-order valence-electron chi connectivity index (χ0n) is 13.4. The minimum absolute atomic E-state index is 0. The fourth-order valence-electron chi connectivity index (χ4n) is 1.38. The second-order valence-electron chi connectivity index (χ2n) is 4.99. The Morgan fingerprint density at radius 1 is 0.778 bits per heavy atom. The zero-order valence-corrected chi connectivity index (χ0v) is 14.4. The topological polar surface area (TPSA) is 271 Å². The smallest absolute Gasteiger partial charge is 0.336 e. The predicted octanol–water partition coefficient (Wildman–Crippen LogP) is -4.74. The van der Waals surface area contributed by atoms with Gasteiger partial charge in [-0.15, -0.1) is 0 Å². The van der Waals surface area contributed by atoms with Crippen molar-refractivity contribution >= 4 is 23.9 Å². The van der Waals surface area contributed by atoms with Gasteiger partial charge in [-0.05, 0) is 0 Å². The van der Waals surface area contributed by atoms with Gasteiger partial charge in [-0.3, -0.25) is 9.59 Å². The Labute approximate surface area is 161 Å². The molecule has 0 spiro atoms. The van der Waals surface area contributed by atoms with Gasteiger partial charge < -0.3 is 51.1 Å². The molecule has 0 aliphatic carbocycles. The van der Waals surface area contributed by atoms with Gasteiger partial charge in [-0.2, -0.15) is 0 Å². The summed E-state index contributed by atoms with van der Waals surface area (Å²) in [6.45, 7) is -0.843. The molecule has 15 heteroatoms. The fraction of sp³-hybridized carbons (Fsp3) is 0.667. The molecule has 4 atom stereocenters. The van der Waals surface area contributed by atoms with E-state index in [4.69, 9.17) is 51.1 Å². The van der Waals surface area contributed by atoms with Gasteiger partial charge in [0.25, 0.3) is 0 Å². The molecule has 0 fully saturated rings. The second kappa shape index (κ2) is 13.3. The van der Waals surface area contributed by atoms with Crippen LogP contribution >= 0.6 is 0 Å². The Balaban J connectivity index is -0.000000411. The maximum absolute atomic E-state index is 10.3. The molecule has 0 aromatic carbocycles. The van der Waals surface area contributed by atoms with E-state index in [1.807, 2.05) is 0 Å². The minimum Gasteiger partial charge on any atom is -0.481 e. The summed E-state index contributed by atoms with van der Waals surface area (Å²) < 4.78 is 0. The van der Waals surface area contributed by atoms with E-state index in [1.54, 1.807) is 0 Å². The fourth-order valence-corrected chi connectivity index (χ4v) is 1.38. The number of carbonyl (C=O) groups is 4. The van der Waals surface area contributed by atoms with E-state index in [-0.39, 0.29) is 16.8 Å². The third-order valence-electron chi connectivity index (χ3n) is 2.79. The van der Waals surface area contributed by atoms with Crippen LogP contribution in [0.25, 0.3) is 0 Å². The van der Waals surface area contributed by atoms with Crippen LogP contribution in [-0.2, 0) is 36.0 Å². The van der Waals surface area contributed by atoms with Crippen molar-refractivity contribution in [1.82, 2.24) is 0 Å². The van der Waals surface area contributed by atoms with Crippen molar-refractivity contribution in [2.75, 3.05) is 6.61 Å². The largest absolute Gasteiger partial charge is 0.481 e. The standard InChI is InChI=1S/C6H8O7.C6H12O7.Co/c7-3(8)1-6(13,5(11)12)2-4(9)10;7-1-2(8)3(9)4(10)5(11)6(12)13;/h13H,1-2H2,(H,7,8)(H,9,10)(H,11,12);2-5,7-11H,1H2,(H,12,13);/t;2-,3-,4+,5-;/m.1./s1. The van der Waals surface area contributed by atoms with Crippen molar-refractivity contribution in [1.29, 1.82) is 0 Å². The molecule has 10 N–H and O–H groups in total. The SMILES string of the molecule is O=C(O)CC(O)(CC(=O)O)C(=O)O.O=C(O)[C@H](O)[C@@H](O)[C@H](O)[C@H](O)CO.[Co]. The number of carboxylic acids is 4. The molecule has 0 heterocycles. The van der Waals surface area contributed by atoms with Gasteiger partial charge in [0.15, 0.2) is 11.7 Å². The first-order valence-corrected chi connectivity index (χ1v) is 6.64. The molecule has 0 aromatic heterocycles. The van der Waals surface area contributed by atoms with E-state index in [2.05, 4.69) is 0 Å². The number of aliphatic hydroxyl groups excluding tert-OH is 5. The summed E-state index contributed by atoms with van der Waals surface area (Å²) in [6, 6.07) is 0. The van der Waals surface area contributed by atoms with Gasteiger partial charge in [0.1, 0.15) is 18.3 Å². The van der Waals surface area contributed by atoms with Crippen LogP contribution in [-0.4, -0.2) is 112 Å². The van der Waals surface area contributed by atoms with E-state index in [1.165, 1.54) is 0 Å². The number of rotatable bonds is 10. The summed E-state index contributed by atoms with van der Waals surface area (Å²) in [5.41, 5.74) is -2.74. The number of carboxylic acid groups (broad SMARTS) is 4. The molecule has 0 rings (SSSR count). The monoisotopic (exact) mass is 447 g/mol. The number of hydrogen-bond acceptors (Lipinski definition) is 10. The van der Waals surface area contributed by atoms with Crippen LogP contribution in [0, 0.1) is 0 Å². The summed E-state index contributed by atoms with van der Waals surface area (Å²) in [5, 5.41) is 85.6. The van der Waals surface area contributed by atoms with Gasteiger partial charge in [-0.1, -0.05) is 0 Å². The first kappa shape index (κ1) is 29.9. The average Bonchev–Trinajstić information content (AvgIpc) is 2.50. The van der Waals surface area contributed by atoms with E-state index in [9.17, 15) is 19.2 Å². The van der Waals surface area contributed by atoms with Gasteiger partial charge in [0, 0.05) is 16.8 Å². The van der Waals surface area contributed by atoms with Crippen molar-refractivity contribution in [2.45, 2.75) is 42.9 Å². The molecule has 0 bridgehead atoms. The Hall–Kier alpha value is -1.85. The second-order valence-corrected chi connectivity index (χ2v) is 4.99. The maximum Gasteiger partial charge on any atom is 0.336 e. The van der Waals surface area contributed by atoms with Gasteiger partial charge in [-0.25, -0.2) is 9.59 Å². The molecule has 0 saturated carbocycles. The molecule has 0 unspecified atom stereocenters. The van der Waals surface area contributed by atoms with Gasteiger partial charge >= 0.3 is 23.9 Å². The van der Waals surface area contributed by atoms with Crippen LogP contribution in [0.4, 0.5) is 0 Å². The number of aliphatic carboxylic acids is 4. The van der Waals surface area contributed by atoms with E-state index in [0.29, 0.717) is 0 Å². The van der Waals surface area contributed by atoms with Crippen LogP contribution in [0.5, 0.6) is 0 Å². The van der Waals surface area contributed by atoms with Crippen molar-refractivity contribution in [3.63, 3.8) is 0 Å². The first-order chi connectivity index (χ1) is 11.7. The van der Waals surface area contributed by atoms with Gasteiger partial charge in [0.2, 0.25) is 0 Å². The molecule has 27 heavy (non-hydrogen) atoms. The Morgan fingerprint density at radius 2 is 1.15 bits per heavy atom. The molecule has 0 aliphatic heterocycles. The first-order valence-electron chi connectivity index (χ1n) is 6.64. The predicted molar refractivity (Wildman–Crippen MR) is 75.8 cm³/mol. The van der Waals surface area contributed by atoms with Crippen LogP contribution in [0.1, 0.15) is 12.8 Å². The normalized spacial score (nSPS) is 15.0. The van der Waals surface area contributed by atoms with E-state index < -0.39 is 73.3 Å². The molecule has 14 nitrogen and oxygen atoms in total. The summed E-state index contributed by atoms with van der Waals surface area (Å²) in [7, 11) is 0. The Morgan fingerprint density at radius 3 is 1.37 bits per heavy atom. The average molecular weight is 447 g/mol. The molecule has 0 saturated heterocycles. The molecule has 0 aromatic rings. The number of aliphatic hydroxyl groups is 6. The van der Waals surface area contributed by atoms with Crippen molar-refractivity contribution in [2.24, 2.45) is 0 Å². The third-order valence-corrected chi connectivity index (χ3v) is 2.79. The quantitative estimate of drug-likeness (QED) is 0.151. The molecule has 0 amide bonds. The summed E-state index contributed by atoms with van der Waals surface area (Å²) in [5.74, 6) is -6.74. The number of hydrogen-bond donors (Lipinski definition) is 10. The Bertz CT molecular complexity index is 492. The molecule has 161 valence electrons. The minimum atomic E-state index is -2.74. The van der Waals surface area contributed by atoms with E-state index >= 15 is 0 Å². The van der Waals surface area contributed by atoms with Crippen LogP contribution in [0.15, 0.2) is 0 Å². The van der Waals surface area contributed by atoms with Crippen LogP contribution in [0.2, 0.25) is 0 Å². The summed E-state index contributed by atoms with van der Waals surface area (Å²) in [6.07, 6.45) is -10.1.